The van der Waals surface area contributed by atoms with Crippen molar-refractivity contribution in [2.75, 3.05) is 14.2 Å². The Morgan fingerprint density at radius 3 is 2.08 bits per heavy atom. The summed E-state index contributed by atoms with van der Waals surface area (Å²) in [6.45, 7) is 10.9. The highest BCUT2D eigenvalue weighted by Crippen LogP contribution is 2.28. The summed E-state index contributed by atoms with van der Waals surface area (Å²) in [6, 6.07) is 9.38. The van der Waals surface area contributed by atoms with E-state index in [-0.39, 0.29) is 12.0 Å². The Balaban J connectivity index is 2.20. The number of carbonyl (C=O) groups is 1. The van der Waals surface area contributed by atoms with E-state index in [4.69, 9.17) is 14.2 Å². The van der Waals surface area contributed by atoms with E-state index >= 15 is 0 Å². The molecule has 0 aliphatic rings. The summed E-state index contributed by atoms with van der Waals surface area (Å²) in [5.74, 6) is 0.650. The SMILES string of the molecule is COc1ccc(C(=O)OCc2c(C)cc(C(C)(C)C)cc2C)c(OC)c1. The van der Waals surface area contributed by atoms with Crippen LogP contribution in [-0.2, 0) is 16.8 Å². The van der Waals surface area contributed by atoms with Crippen LogP contribution in [0.2, 0.25) is 0 Å². The summed E-state index contributed by atoms with van der Waals surface area (Å²) in [5, 5.41) is 0. The molecule has 0 unspecified atom stereocenters. The Morgan fingerprint density at radius 2 is 1.58 bits per heavy atom. The molecule has 0 N–H and O–H groups in total. The summed E-state index contributed by atoms with van der Waals surface area (Å²) in [5.41, 5.74) is 5.04. The molecule has 0 radical (unpaired) electrons. The molecule has 0 aliphatic heterocycles. The van der Waals surface area contributed by atoms with Crippen molar-refractivity contribution in [2.24, 2.45) is 0 Å². The van der Waals surface area contributed by atoms with Crippen molar-refractivity contribution in [1.29, 1.82) is 0 Å². The van der Waals surface area contributed by atoms with E-state index < -0.39 is 5.97 Å². The summed E-state index contributed by atoms with van der Waals surface area (Å²) >= 11 is 0. The molecule has 0 aromatic heterocycles. The molecular weight excluding hydrogens is 328 g/mol. The fourth-order valence-corrected chi connectivity index (χ4v) is 2.84. The fraction of sp³-hybridized carbons (Fsp3) is 0.409. The first-order valence-corrected chi connectivity index (χ1v) is 8.67. The van der Waals surface area contributed by atoms with E-state index in [1.165, 1.54) is 12.7 Å². The molecule has 0 spiro atoms. The lowest BCUT2D eigenvalue weighted by Crippen LogP contribution is -2.13. The van der Waals surface area contributed by atoms with Gasteiger partial charge >= 0.3 is 5.97 Å². The van der Waals surface area contributed by atoms with Crippen LogP contribution >= 0.6 is 0 Å². The van der Waals surface area contributed by atoms with Gasteiger partial charge in [0.15, 0.2) is 0 Å². The van der Waals surface area contributed by atoms with Gasteiger partial charge in [0.05, 0.1) is 14.2 Å². The van der Waals surface area contributed by atoms with Crippen molar-refractivity contribution >= 4 is 5.97 Å². The molecule has 2 rings (SSSR count). The Bertz CT molecular complexity index is 777. The average Bonchev–Trinajstić information content (AvgIpc) is 2.59. The summed E-state index contributed by atoms with van der Waals surface area (Å²) in [7, 11) is 3.09. The second-order valence-corrected chi connectivity index (χ2v) is 7.48. The molecule has 4 nitrogen and oxygen atoms in total. The topological polar surface area (TPSA) is 44.8 Å². The molecule has 0 amide bonds. The number of carbonyl (C=O) groups excluding carboxylic acids is 1. The number of hydrogen-bond donors (Lipinski definition) is 0. The third-order valence-corrected chi connectivity index (χ3v) is 4.54. The summed E-state index contributed by atoms with van der Waals surface area (Å²) in [4.78, 5) is 12.5. The minimum absolute atomic E-state index is 0.0845. The second-order valence-electron chi connectivity index (χ2n) is 7.48. The molecule has 0 bridgehead atoms. The van der Waals surface area contributed by atoms with Crippen molar-refractivity contribution in [1.82, 2.24) is 0 Å². The maximum atomic E-state index is 12.5. The number of methoxy groups -OCH3 is 2. The lowest BCUT2D eigenvalue weighted by atomic mass is 9.84. The molecule has 0 heterocycles. The molecule has 0 saturated heterocycles. The van der Waals surface area contributed by atoms with E-state index in [1.807, 2.05) is 0 Å². The Labute approximate surface area is 156 Å². The first-order valence-electron chi connectivity index (χ1n) is 8.67. The molecule has 2 aromatic carbocycles. The van der Waals surface area contributed by atoms with Gasteiger partial charge in [-0.1, -0.05) is 32.9 Å². The Hall–Kier alpha value is -2.49. The Kier molecular flexibility index (Phi) is 5.96. The van der Waals surface area contributed by atoms with E-state index in [1.54, 1.807) is 25.3 Å². The first-order chi connectivity index (χ1) is 12.2. The normalized spacial score (nSPS) is 11.2. The third-order valence-electron chi connectivity index (χ3n) is 4.54. The van der Waals surface area contributed by atoms with Crippen LogP contribution in [0, 0.1) is 13.8 Å². The number of aryl methyl sites for hydroxylation is 2. The third kappa shape index (κ3) is 4.37. The highest BCUT2D eigenvalue weighted by atomic mass is 16.5. The van der Waals surface area contributed by atoms with Gasteiger partial charge in [0.25, 0.3) is 0 Å². The van der Waals surface area contributed by atoms with Crippen LogP contribution in [0.3, 0.4) is 0 Å². The smallest absolute Gasteiger partial charge is 0.342 e. The second kappa shape index (κ2) is 7.81. The molecule has 2 aromatic rings. The van der Waals surface area contributed by atoms with E-state index in [0.29, 0.717) is 17.1 Å². The molecule has 0 atom stereocenters. The summed E-state index contributed by atoms with van der Waals surface area (Å²) < 4.78 is 16.0. The highest BCUT2D eigenvalue weighted by Gasteiger charge is 2.18. The van der Waals surface area contributed by atoms with Crippen LogP contribution in [0.15, 0.2) is 30.3 Å². The molecular formula is C22H28O4. The predicted octanol–water partition coefficient (Wildman–Crippen LogP) is 4.98. The fourth-order valence-electron chi connectivity index (χ4n) is 2.84. The van der Waals surface area contributed by atoms with Crippen LogP contribution in [-0.4, -0.2) is 20.2 Å². The number of benzene rings is 2. The van der Waals surface area contributed by atoms with Gasteiger partial charge in [-0.25, -0.2) is 4.79 Å². The van der Waals surface area contributed by atoms with Gasteiger partial charge in [-0.2, -0.15) is 0 Å². The van der Waals surface area contributed by atoms with Crippen LogP contribution in [0.25, 0.3) is 0 Å². The van der Waals surface area contributed by atoms with Gasteiger partial charge in [-0.05, 0) is 53.6 Å². The Morgan fingerprint density at radius 1 is 0.962 bits per heavy atom. The average molecular weight is 356 g/mol. The van der Waals surface area contributed by atoms with E-state index in [0.717, 1.165) is 16.7 Å². The zero-order valence-corrected chi connectivity index (χ0v) is 16.7. The van der Waals surface area contributed by atoms with Crippen LogP contribution in [0.1, 0.15) is 53.4 Å². The molecule has 140 valence electrons. The van der Waals surface area contributed by atoms with Gasteiger partial charge in [0.2, 0.25) is 0 Å². The van der Waals surface area contributed by atoms with Gasteiger partial charge in [0, 0.05) is 6.07 Å². The van der Waals surface area contributed by atoms with Crippen LogP contribution in [0.5, 0.6) is 11.5 Å². The number of hydrogen-bond acceptors (Lipinski definition) is 4. The van der Waals surface area contributed by atoms with Crippen LogP contribution in [0.4, 0.5) is 0 Å². The molecule has 0 fully saturated rings. The minimum Gasteiger partial charge on any atom is -0.497 e. The summed E-state index contributed by atoms with van der Waals surface area (Å²) in [6.07, 6.45) is 0. The lowest BCUT2D eigenvalue weighted by Gasteiger charge is -2.22. The van der Waals surface area contributed by atoms with Crippen molar-refractivity contribution in [3.8, 4) is 11.5 Å². The zero-order valence-electron chi connectivity index (χ0n) is 16.7. The van der Waals surface area contributed by atoms with Crippen molar-refractivity contribution < 1.29 is 19.0 Å². The number of esters is 1. The standard InChI is InChI=1S/C22H28O4/c1-14-10-16(22(3,4)5)11-15(2)19(14)13-26-21(23)18-9-8-17(24-6)12-20(18)25-7/h8-12H,13H2,1-7H3. The van der Waals surface area contributed by atoms with Gasteiger partial charge in [-0.3, -0.25) is 0 Å². The molecule has 4 heteroatoms. The largest absolute Gasteiger partial charge is 0.497 e. The van der Waals surface area contributed by atoms with Crippen molar-refractivity contribution in [3.63, 3.8) is 0 Å². The van der Waals surface area contributed by atoms with E-state index in [2.05, 4.69) is 46.8 Å². The van der Waals surface area contributed by atoms with Gasteiger partial charge < -0.3 is 14.2 Å². The van der Waals surface area contributed by atoms with Crippen LogP contribution < -0.4 is 9.47 Å². The van der Waals surface area contributed by atoms with E-state index in [9.17, 15) is 4.79 Å². The maximum absolute atomic E-state index is 12.5. The minimum atomic E-state index is -0.414. The quantitative estimate of drug-likeness (QED) is 0.709. The van der Waals surface area contributed by atoms with Crippen molar-refractivity contribution in [2.45, 2.75) is 46.6 Å². The molecule has 26 heavy (non-hydrogen) atoms. The molecule has 0 aliphatic carbocycles. The highest BCUT2D eigenvalue weighted by molar-refractivity contribution is 5.92. The monoisotopic (exact) mass is 356 g/mol. The number of ether oxygens (including phenoxy) is 3. The molecule has 0 saturated carbocycles. The van der Waals surface area contributed by atoms with Gasteiger partial charge in [-0.15, -0.1) is 0 Å². The maximum Gasteiger partial charge on any atom is 0.342 e. The first kappa shape index (κ1) is 19.8. The number of rotatable bonds is 5. The van der Waals surface area contributed by atoms with Gasteiger partial charge in [0.1, 0.15) is 23.7 Å². The zero-order chi connectivity index (χ0) is 19.5. The van der Waals surface area contributed by atoms with Crippen molar-refractivity contribution in [3.05, 3.63) is 58.1 Å². The predicted molar refractivity (Wildman–Crippen MR) is 103 cm³/mol. The lowest BCUT2D eigenvalue weighted by molar-refractivity contribution is 0.0468.